The molecule has 154 valence electrons. The lowest BCUT2D eigenvalue weighted by atomic mass is 9.81. The quantitative estimate of drug-likeness (QED) is 0.665. The lowest BCUT2D eigenvalue weighted by Crippen LogP contribution is -2.63. The first-order chi connectivity index (χ1) is 13.7. The molecule has 2 aliphatic rings. The molecule has 0 aromatic heterocycles. The van der Waals surface area contributed by atoms with Gasteiger partial charge in [0.15, 0.2) is 0 Å². The van der Waals surface area contributed by atoms with Gasteiger partial charge in [0.25, 0.3) is 5.91 Å². The topological polar surface area (TPSA) is 86.7 Å². The molecule has 6 nitrogen and oxygen atoms in total. The van der Waals surface area contributed by atoms with Crippen LogP contribution in [0.15, 0.2) is 45.8 Å². The van der Waals surface area contributed by atoms with Crippen LogP contribution in [0.4, 0.5) is 10.1 Å². The Morgan fingerprint density at radius 3 is 2.52 bits per heavy atom. The first kappa shape index (κ1) is 20.7. The molecule has 0 saturated carbocycles. The number of aliphatic hydroxyl groups excluding tert-OH is 1. The number of hydrogen-bond acceptors (Lipinski definition) is 4. The van der Waals surface area contributed by atoms with E-state index in [0.29, 0.717) is 19.3 Å². The third-order valence-electron chi connectivity index (χ3n) is 5.28. The fourth-order valence-electron chi connectivity index (χ4n) is 3.93. The van der Waals surface area contributed by atoms with Gasteiger partial charge in [0.05, 0.1) is 15.6 Å². The van der Waals surface area contributed by atoms with Crippen molar-refractivity contribution in [2.24, 2.45) is 0 Å². The molecule has 2 aromatic rings. The molecular weight excluding hydrogens is 487 g/mol. The van der Waals surface area contributed by atoms with Crippen molar-refractivity contribution in [2.75, 3.05) is 5.32 Å². The molecule has 2 bridgehead atoms. The number of hydrogen-bond donors (Lipinski definition) is 2. The number of sulfonamides is 1. The summed E-state index contributed by atoms with van der Waals surface area (Å²) in [5, 5.41) is 12.3. The van der Waals surface area contributed by atoms with Gasteiger partial charge >= 0.3 is 0 Å². The Morgan fingerprint density at radius 2 is 1.86 bits per heavy atom. The Labute approximate surface area is 180 Å². The molecule has 2 aromatic carbocycles. The number of benzene rings is 2. The number of carbonyl (C=O) groups excluding carboxylic acids is 1. The molecule has 2 saturated heterocycles. The zero-order chi connectivity index (χ0) is 20.9. The van der Waals surface area contributed by atoms with Crippen LogP contribution < -0.4 is 5.32 Å². The molecule has 2 fully saturated rings. The van der Waals surface area contributed by atoms with Gasteiger partial charge in [-0.25, -0.2) is 12.8 Å². The lowest BCUT2D eigenvalue weighted by molar-refractivity contribution is -0.0266. The summed E-state index contributed by atoms with van der Waals surface area (Å²) in [7, 11) is -3.91. The van der Waals surface area contributed by atoms with Gasteiger partial charge in [-0.05, 0) is 71.6 Å². The number of aliphatic hydroxyl groups is 1. The number of piperidine rings is 1. The summed E-state index contributed by atoms with van der Waals surface area (Å²) < 4.78 is 41.6. The summed E-state index contributed by atoms with van der Waals surface area (Å²) in [4.78, 5) is 12.4. The maximum Gasteiger partial charge on any atom is 0.255 e. The van der Waals surface area contributed by atoms with Crippen LogP contribution in [-0.4, -0.2) is 41.9 Å². The second-order valence-electron chi connectivity index (χ2n) is 7.23. The Bertz CT molecular complexity index is 1090. The SMILES string of the molecule is O=C(Nc1ccc(Br)c(F)c1)c1ccc(Cl)c(S(=O)(=O)N2C3CC(O)CC2C3)c1. The molecule has 0 aliphatic carbocycles. The third-order valence-corrected chi connectivity index (χ3v) is 8.41. The first-order valence-corrected chi connectivity index (χ1v) is 11.6. The first-order valence-electron chi connectivity index (χ1n) is 8.94. The highest BCUT2D eigenvalue weighted by Crippen LogP contribution is 2.43. The summed E-state index contributed by atoms with van der Waals surface area (Å²) in [5.41, 5.74) is 0.323. The second-order valence-corrected chi connectivity index (χ2v) is 10.3. The summed E-state index contributed by atoms with van der Waals surface area (Å²) in [6.45, 7) is 0. The molecule has 2 unspecified atom stereocenters. The van der Waals surface area contributed by atoms with Gasteiger partial charge in [0.1, 0.15) is 10.7 Å². The molecule has 4 rings (SSSR count). The predicted octanol–water partition coefficient (Wildman–Crippen LogP) is 3.78. The fraction of sp³-hybridized carbons (Fsp3) is 0.316. The fourth-order valence-corrected chi connectivity index (χ4v) is 6.54. The van der Waals surface area contributed by atoms with Crippen molar-refractivity contribution in [3.8, 4) is 0 Å². The van der Waals surface area contributed by atoms with Crippen molar-refractivity contribution in [3.05, 3.63) is 57.3 Å². The molecule has 2 heterocycles. The van der Waals surface area contributed by atoms with E-state index < -0.39 is 27.9 Å². The van der Waals surface area contributed by atoms with Crippen LogP contribution in [0.5, 0.6) is 0 Å². The normalized spacial score (nSPS) is 24.1. The molecule has 0 radical (unpaired) electrons. The van der Waals surface area contributed by atoms with Crippen LogP contribution in [-0.2, 0) is 10.0 Å². The number of nitrogens with zero attached hydrogens (tertiary/aromatic N) is 1. The minimum absolute atomic E-state index is 0.0155. The lowest BCUT2D eigenvalue weighted by Gasteiger charge is -2.52. The molecule has 1 amide bonds. The van der Waals surface area contributed by atoms with E-state index in [2.05, 4.69) is 21.2 Å². The van der Waals surface area contributed by atoms with Crippen molar-refractivity contribution < 1.29 is 22.7 Å². The number of carbonyl (C=O) groups is 1. The van der Waals surface area contributed by atoms with Crippen LogP contribution in [0.2, 0.25) is 5.02 Å². The summed E-state index contributed by atoms with van der Waals surface area (Å²) in [5.74, 6) is -1.12. The largest absolute Gasteiger partial charge is 0.393 e. The summed E-state index contributed by atoms with van der Waals surface area (Å²) in [6.07, 6.45) is 0.998. The second kappa shape index (κ2) is 7.63. The number of fused-ring (bicyclic) bond motifs is 2. The standard InChI is InChI=1S/C19H17BrClFN2O4S/c20-15-3-2-11(6-17(15)22)23-19(26)10-1-4-16(21)18(5-10)29(27,28)24-12-7-13(24)9-14(25)8-12/h1-6,12-14,25H,7-9H2,(H,23,26). The number of halogens is 3. The minimum atomic E-state index is -3.91. The van der Waals surface area contributed by atoms with E-state index in [0.717, 1.165) is 6.07 Å². The van der Waals surface area contributed by atoms with E-state index >= 15 is 0 Å². The highest BCUT2D eigenvalue weighted by Gasteiger charge is 2.51. The minimum Gasteiger partial charge on any atom is -0.393 e. The molecule has 2 atom stereocenters. The van der Waals surface area contributed by atoms with Gasteiger partial charge in [-0.1, -0.05) is 11.6 Å². The van der Waals surface area contributed by atoms with E-state index in [4.69, 9.17) is 11.6 Å². The number of rotatable bonds is 4. The maximum atomic E-state index is 13.7. The molecule has 29 heavy (non-hydrogen) atoms. The summed E-state index contributed by atoms with van der Waals surface area (Å²) in [6, 6.07) is 7.61. The number of amides is 1. The Kier molecular flexibility index (Phi) is 5.45. The van der Waals surface area contributed by atoms with Crippen LogP contribution >= 0.6 is 27.5 Å². The van der Waals surface area contributed by atoms with E-state index in [1.807, 2.05) is 0 Å². The molecule has 10 heteroatoms. The highest BCUT2D eigenvalue weighted by molar-refractivity contribution is 9.10. The monoisotopic (exact) mass is 502 g/mol. The van der Waals surface area contributed by atoms with Crippen molar-refractivity contribution in [2.45, 2.75) is 42.3 Å². The molecule has 2 aliphatic heterocycles. The molecule has 2 N–H and O–H groups in total. The van der Waals surface area contributed by atoms with Gasteiger partial charge in [-0.3, -0.25) is 4.79 Å². The van der Waals surface area contributed by atoms with Crippen molar-refractivity contribution >= 4 is 49.1 Å². The average molecular weight is 504 g/mol. The smallest absolute Gasteiger partial charge is 0.255 e. The zero-order valence-electron chi connectivity index (χ0n) is 15.0. The Balaban J connectivity index is 1.60. The van der Waals surface area contributed by atoms with E-state index in [1.54, 1.807) is 0 Å². The number of anilines is 1. The van der Waals surface area contributed by atoms with Crippen LogP contribution in [0, 0.1) is 5.82 Å². The van der Waals surface area contributed by atoms with Crippen molar-refractivity contribution in [1.82, 2.24) is 4.31 Å². The number of nitrogens with one attached hydrogen (secondary N) is 1. The Morgan fingerprint density at radius 1 is 1.17 bits per heavy atom. The van der Waals surface area contributed by atoms with Crippen molar-refractivity contribution in [1.29, 1.82) is 0 Å². The molecular formula is C19H17BrClFN2O4S. The van der Waals surface area contributed by atoms with Gasteiger partial charge in [-0.2, -0.15) is 4.31 Å². The van der Waals surface area contributed by atoms with Gasteiger partial charge in [0.2, 0.25) is 10.0 Å². The Hall–Kier alpha value is -1.52. The van der Waals surface area contributed by atoms with Crippen molar-refractivity contribution in [3.63, 3.8) is 0 Å². The van der Waals surface area contributed by atoms with E-state index in [9.17, 15) is 22.7 Å². The van der Waals surface area contributed by atoms with Gasteiger partial charge in [-0.15, -0.1) is 0 Å². The average Bonchev–Trinajstić information content (AvgIpc) is 2.64. The maximum absolute atomic E-state index is 13.7. The van der Waals surface area contributed by atoms with Crippen LogP contribution in [0.3, 0.4) is 0 Å². The van der Waals surface area contributed by atoms with E-state index in [-0.39, 0.29) is 37.7 Å². The van der Waals surface area contributed by atoms with Gasteiger partial charge in [0, 0.05) is 23.3 Å². The van der Waals surface area contributed by atoms with Crippen LogP contribution in [0.25, 0.3) is 0 Å². The summed E-state index contributed by atoms with van der Waals surface area (Å²) >= 11 is 9.19. The zero-order valence-corrected chi connectivity index (χ0v) is 18.1. The van der Waals surface area contributed by atoms with E-state index in [1.165, 1.54) is 34.6 Å². The molecule has 0 spiro atoms. The third kappa shape index (κ3) is 3.82. The van der Waals surface area contributed by atoms with Crippen LogP contribution in [0.1, 0.15) is 29.6 Å². The highest BCUT2D eigenvalue weighted by atomic mass is 79.9. The van der Waals surface area contributed by atoms with Gasteiger partial charge < -0.3 is 10.4 Å². The predicted molar refractivity (Wildman–Crippen MR) is 110 cm³/mol.